The number of alkyl halides is 3. The Labute approximate surface area is 102 Å². The van der Waals surface area contributed by atoms with Crippen molar-refractivity contribution in [2.75, 3.05) is 0 Å². The maximum absolute atomic E-state index is 12.4. The zero-order chi connectivity index (χ0) is 13.2. The Morgan fingerprint density at radius 1 is 1.11 bits per heavy atom. The lowest BCUT2D eigenvalue weighted by atomic mass is 10.1. The van der Waals surface area contributed by atoms with E-state index in [9.17, 15) is 18.0 Å². The Bertz CT molecular complexity index is 540. The van der Waals surface area contributed by atoms with Gasteiger partial charge in [0, 0.05) is 12.7 Å². The van der Waals surface area contributed by atoms with E-state index >= 15 is 0 Å². The third-order valence-electron chi connectivity index (χ3n) is 2.62. The molecule has 0 N–H and O–H groups in total. The lowest BCUT2D eigenvalue weighted by Crippen LogP contribution is -2.06. The molecule has 0 saturated heterocycles. The van der Waals surface area contributed by atoms with Crippen LogP contribution in [0.25, 0.3) is 0 Å². The fourth-order valence-electron chi connectivity index (χ4n) is 1.67. The Morgan fingerprint density at radius 3 is 2.33 bits per heavy atom. The first-order valence-electron chi connectivity index (χ1n) is 5.27. The van der Waals surface area contributed by atoms with Crippen molar-refractivity contribution in [2.45, 2.75) is 12.7 Å². The van der Waals surface area contributed by atoms with E-state index in [1.165, 1.54) is 12.1 Å². The van der Waals surface area contributed by atoms with Crippen molar-refractivity contribution in [2.24, 2.45) is 0 Å². The van der Waals surface area contributed by atoms with E-state index in [4.69, 9.17) is 0 Å². The van der Waals surface area contributed by atoms with Crippen LogP contribution in [0.3, 0.4) is 0 Å². The van der Waals surface area contributed by atoms with Gasteiger partial charge >= 0.3 is 6.18 Å². The maximum atomic E-state index is 12.4. The standard InChI is InChI=1S/C13H10F3NO/c14-13(15,16)11-5-3-10(4-6-11)8-17-7-1-2-12(17)9-18/h1-7,9H,8H2. The highest BCUT2D eigenvalue weighted by molar-refractivity contribution is 5.72. The van der Waals surface area contributed by atoms with Crippen LogP contribution in [-0.4, -0.2) is 10.9 Å². The van der Waals surface area contributed by atoms with Crippen molar-refractivity contribution >= 4 is 6.29 Å². The molecule has 0 bridgehead atoms. The predicted octanol–water partition coefficient (Wildman–Crippen LogP) is 3.37. The topological polar surface area (TPSA) is 22.0 Å². The second-order valence-electron chi connectivity index (χ2n) is 3.87. The van der Waals surface area contributed by atoms with Gasteiger partial charge in [0.2, 0.25) is 0 Å². The molecule has 0 radical (unpaired) electrons. The number of benzene rings is 1. The molecule has 0 aliphatic carbocycles. The summed E-state index contributed by atoms with van der Waals surface area (Å²) in [6.45, 7) is 0.374. The molecule has 0 fully saturated rings. The normalized spacial score (nSPS) is 11.5. The van der Waals surface area contributed by atoms with E-state index in [0.717, 1.165) is 12.1 Å². The van der Waals surface area contributed by atoms with Gasteiger partial charge < -0.3 is 4.57 Å². The van der Waals surface area contributed by atoms with Gasteiger partial charge in [0.05, 0.1) is 11.3 Å². The van der Waals surface area contributed by atoms with Crippen molar-refractivity contribution in [3.63, 3.8) is 0 Å². The van der Waals surface area contributed by atoms with Crippen LogP contribution < -0.4 is 0 Å². The summed E-state index contributed by atoms with van der Waals surface area (Å²) in [7, 11) is 0. The highest BCUT2D eigenvalue weighted by Crippen LogP contribution is 2.29. The van der Waals surface area contributed by atoms with Crippen LogP contribution in [0.4, 0.5) is 13.2 Å². The van der Waals surface area contributed by atoms with E-state index in [0.29, 0.717) is 24.1 Å². The number of aldehydes is 1. The zero-order valence-electron chi connectivity index (χ0n) is 9.32. The number of rotatable bonds is 3. The van der Waals surface area contributed by atoms with Crippen LogP contribution in [0.15, 0.2) is 42.6 Å². The van der Waals surface area contributed by atoms with Crippen LogP contribution in [0.2, 0.25) is 0 Å². The fourth-order valence-corrected chi connectivity index (χ4v) is 1.67. The number of nitrogens with zero attached hydrogens (tertiary/aromatic N) is 1. The van der Waals surface area contributed by atoms with E-state index < -0.39 is 11.7 Å². The quantitative estimate of drug-likeness (QED) is 0.769. The van der Waals surface area contributed by atoms with Crippen molar-refractivity contribution in [3.05, 3.63) is 59.4 Å². The lowest BCUT2D eigenvalue weighted by Gasteiger charge is -2.09. The molecule has 94 valence electrons. The first-order chi connectivity index (χ1) is 8.50. The molecule has 1 aromatic heterocycles. The minimum Gasteiger partial charge on any atom is -0.341 e. The molecule has 0 aliphatic rings. The molecule has 0 spiro atoms. The van der Waals surface area contributed by atoms with Gasteiger partial charge in [-0.25, -0.2) is 0 Å². The number of aromatic nitrogens is 1. The summed E-state index contributed by atoms with van der Waals surface area (Å²) in [6, 6.07) is 8.28. The molecule has 0 atom stereocenters. The van der Waals surface area contributed by atoms with Gasteiger partial charge in [-0.2, -0.15) is 13.2 Å². The van der Waals surface area contributed by atoms with Gasteiger partial charge in [-0.1, -0.05) is 12.1 Å². The van der Waals surface area contributed by atoms with Crippen LogP contribution in [0.5, 0.6) is 0 Å². The van der Waals surface area contributed by atoms with Gasteiger partial charge in [-0.15, -0.1) is 0 Å². The van der Waals surface area contributed by atoms with Gasteiger partial charge in [0.25, 0.3) is 0 Å². The molecule has 0 amide bonds. The average molecular weight is 253 g/mol. The molecule has 2 rings (SSSR count). The lowest BCUT2D eigenvalue weighted by molar-refractivity contribution is -0.137. The largest absolute Gasteiger partial charge is 0.416 e. The van der Waals surface area contributed by atoms with Crippen molar-refractivity contribution in [3.8, 4) is 0 Å². The average Bonchev–Trinajstić information content (AvgIpc) is 2.76. The van der Waals surface area contributed by atoms with Crippen molar-refractivity contribution in [1.29, 1.82) is 0 Å². The molecule has 5 heteroatoms. The molecule has 1 heterocycles. The minimum atomic E-state index is -4.32. The van der Waals surface area contributed by atoms with Gasteiger partial charge in [-0.3, -0.25) is 4.79 Å². The van der Waals surface area contributed by atoms with E-state index in [1.54, 1.807) is 22.9 Å². The second kappa shape index (κ2) is 4.68. The second-order valence-corrected chi connectivity index (χ2v) is 3.87. The smallest absolute Gasteiger partial charge is 0.341 e. The molecule has 0 unspecified atom stereocenters. The Balaban J connectivity index is 2.19. The number of carbonyl (C=O) groups is 1. The monoisotopic (exact) mass is 253 g/mol. The fraction of sp³-hybridized carbons (Fsp3) is 0.154. The highest BCUT2D eigenvalue weighted by Gasteiger charge is 2.29. The summed E-state index contributed by atoms with van der Waals surface area (Å²) in [5.41, 5.74) is 0.534. The van der Waals surface area contributed by atoms with Gasteiger partial charge in [0.1, 0.15) is 0 Å². The van der Waals surface area contributed by atoms with Gasteiger partial charge in [-0.05, 0) is 29.8 Å². The third kappa shape index (κ3) is 2.61. The van der Waals surface area contributed by atoms with Crippen molar-refractivity contribution in [1.82, 2.24) is 4.57 Å². The molecule has 0 aliphatic heterocycles. The van der Waals surface area contributed by atoms with Crippen LogP contribution in [0.1, 0.15) is 21.6 Å². The molecular formula is C13H10F3NO. The number of hydrogen-bond acceptors (Lipinski definition) is 1. The summed E-state index contributed by atoms with van der Waals surface area (Å²) in [5, 5.41) is 0. The first kappa shape index (κ1) is 12.4. The summed E-state index contributed by atoms with van der Waals surface area (Å²) in [6.07, 6.45) is -1.90. The Kier molecular flexibility index (Phi) is 3.23. The molecule has 2 aromatic rings. The number of carbonyl (C=O) groups excluding carboxylic acids is 1. The van der Waals surface area contributed by atoms with Crippen LogP contribution >= 0.6 is 0 Å². The first-order valence-corrected chi connectivity index (χ1v) is 5.27. The summed E-state index contributed by atoms with van der Waals surface area (Å²) < 4.78 is 38.8. The molecule has 18 heavy (non-hydrogen) atoms. The van der Waals surface area contributed by atoms with E-state index in [-0.39, 0.29) is 0 Å². The zero-order valence-corrected chi connectivity index (χ0v) is 9.32. The molecule has 1 aromatic carbocycles. The molecule has 0 saturated carbocycles. The molecular weight excluding hydrogens is 243 g/mol. The van der Waals surface area contributed by atoms with Crippen LogP contribution in [-0.2, 0) is 12.7 Å². The van der Waals surface area contributed by atoms with Crippen molar-refractivity contribution < 1.29 is 18.0 Å². The van der Waals surface area contributed by atoms with Crippen LogP contribution in [0, 0.1) is 0 Å². The number of halogens is 3. The minimum absolute atomic E-state index is 0.374. The van der Waals surface area contributed by atoms with E-state index in [2.05, 4.69) is 0 Å². The SMILES string of the molecule is O=Cc1cccn1Cc1ccc(C(F)(F)F)cc1. The summed E-state index contributed by atoms with van der Waals surface area (Å²) >= 11 is 0. The number of hydrogen-bond donors (Lipinski definition) is 0. The molecule has 2 nitrogen and oxygen atoms in total. The summed E-state index contributed by atoms with van der Waals surface area (Å²) in [5.74, 6) is 0. The Morgan fingerprint density at radius 2 is 1.78 bits per heavy atom. The maximum Gasteiger partial charge on any atom is 0.416 e. The predicted molar refractivity (Wildman–Crippen MR) is 60.4 cm³/mol. The highest BCUT2D eigenvalue weighted by atomic mass is 19.4. The Hall–Kier alpha value is -2.04. The van der Waals surface area contributed by atoms with Gasteiger partial charge in [0.15, 0.2) is 6.29 Å². The summed E-state index contributed by atoms with van der Waals surface area (Å²) in [4.78, 5) is 10.7. The third-order valence-corrected chi connectivity index (χ3v) is 2.62. The van der Waals surface area contributed by atoms with E-state index in [1.807, 2.05) is 0 Å².